The van der Waals surface area contributed by atoms with E-state index in [2.05, 4.69) is 5.32 Å². The molecular weight excluding hydrogens is 272 g/mol. The lowest BCUT2D eigenvalue weighted by atomic mass is 10.1. The zero-order valence-electron chi connectivity index (χ0n) is 10.9. The Bertz CT molecular complexity index is 471. The van der Waals surface area contributed by atoms with E-state index in [-0.39, 0.29) is 11.8 Å². The number of nitrogens with zero attached hydrogens (tertiary/aromatic N) is 1. The summed E-state index contributed by atoms with van der Waals surface area (Å²) in [6.07, 6.45) is 0. The third kappa shape index (κ3) is 4.57. The first kappa shape index (κ1) is 15.4. The van der Waals surface area contributed by atoms with Gasteiger partial charge in [-0.05, 0) is 24.6 Å². The number of benzene rings is 1. The fourth-order valence-corrected chi connectivity index (χ4v) is 2.32. The second-order valence-electron chi connectivity index (χ2n) is 4.33. The van der Waals surface area contributed by atoms with Gasteiger partial charge in [-0.25, -0.2) is 12.7 Å². The van der Waals surface area contributed by atoms with E-state index in [1.54, 1.807) is 0 Å². The molecule has 0 amide bonds. The lowest BCUT2D eigenvalue weighted by Gasteiger charge is -2.16. The van der Waals surface area contributed by atoms with Crippen LogP contribution in [0.25, 0.3) is 0 Å². The standard InChI is InChI=1S/C12H19ClN2O2S/c1-10(11-4-6-12(13)7-5-11)14-8-9-18(16,17)15(2)3/h4-7,10,14H,8-9H2,1-3H3. The minimum absolute atomic E-state index is 0.0952. The van der Waals surface area contributed by atoms with E-state index in [1.807, 2.05) is 31.2 Å². The first-order chi connectivity index (χ1) is 8.33. The van der Waals surface area contributed by atoms with Crippen molar-refractivity contribution in [2.45, 2.75) is 13.0 Å². The maximum absolute atomic E-state index is 11.6. The van der Waals surface area contributed by atoms with Gasteiger partial charge in [0.15, 0.2) is 0 Å². The van der Waals surface area contributed by atoms with Crippen molar-refractivity contribution in [1.82, 2.24) is 9.62 Å². The number of rotatable bonds is 6. The fraction of sp³-hybridized carbons (Fsp3) is 0.500. The normalized spacial score (nSPS) is 13.8. The molecule has 1 rings (SSSR count). The van der Waals surface area contributed by atoms with Crippen molar-refractivity contribution in [2.75, 3.05) is 26.4 Å². The molecule has 0 aromatic heterocycles. The molecular formula is C12H19ClN2O2S. The molecule has 0 spiro atoms. The summed E-state index contributed by atoms with van der Waals surface area (Å²) in [5.74, 6) is 0.0952. The van der Waals surface area contributed by atoms with Crippen molar-refractivity contribution in [3.8, 4) is 0 Å². The van der Waals surface area contributed by atoms with Gasteiger partial charge in [-0.15, -0.1) is 0 Å². The summed E-state index contributed by atoms with van der Waals surface area (Å²) in [6, 6.07) is 7.61. The Morgan fingerprint density at radius 3 is 2.33 bits per heavy atom. The van der Waals surface area contributed by atoms with Gasteiger partial charge in [-0.1, -0.05) is 23.7 Å². The smallest absolute Gasteiger partial charge is 0.214 e. The van der Waals surface area contributed by atoms with Crippen molar-refractivity contribution in [2.24, 2.45) is 0 Å². The van der Waals surface area contributed by atoms with Crippen molar-refractivity contribution in [3.05, 3.63) is 34.9 Å². The lowest BCUT2D eigenvalue weighted by molar-refractivity contribution is 0.512. The van der Waals surface area contributed by atoms with Crippen LogP contribution in [0.15, 0.2) is 24.3 Å². The zero-order chi connectivity index (χ0) is 13.8. The van der Waals surface area contributed by atoms with Crippen LogP contribution in [-0.2, 0) is 10.0 Å². The summed E-state index contributed by atoms with van der Waals surface area (Å²) in [5.41, 5.74) is 1.08. The topological polar surface area (TPSA) is 49.4 Å². The molecule has 1 aromatic rings. The van der Waals surface area contributed by atoms with Gasteiger partial charge < -0.3 is 5.32 Å². The van der Waals surface area contributed by atoms with Gasteiger partial charge in [0.05, 0.1) is 5.75 Å². The van der Waals surface area contributed by atoms with E-state index in [0.29, 0.717) is 11.6 Å². The predicted octanol–water partition coefficient (Wildman–Crippen LogP) is 1.88. The van der Waals surface area contributed by atoms with Crippen LogP contribution in [0.2, 0.25) is 5.02 Å². The van der Waals surface area contributed by atoms with Crippen molar-refractivity contribution in [3.63, 3.8) is 0 Å². The fourth-order valence-electron chi connectivity index (χ4n) is 1.46. The van der Waals surface area contributed by atoms with Gasteiger partial charge >= 0.3 is 0 Å². The molecule has 0 saturated heterocycles. The van der Waals surface area contributed by atoms with Crippen LogP contribution in [-0.4, -0.2) is 39.1 Å². The van der Waals surface area contributed by atoms with E-state index >= 15 is 0 Å². The molecule has 102 valence electrons. The molecule has 1 unspecified atom stereocenters. The number of halogens is 1. The molecule has 18 heavy (non-hydrogen) atoms. The van der Waals surface area contributed by atoms with Gasteiger partial charge in [0.2, 0.25) is 10.0 Å². The molecule has 0 fully saturated rings. The Kier molecular flexibility index (Phi) is 5.59. The zero-order valence-corrected chi connectivity index (χ0v) is 12.4. The van der Waals surface area contributed by atoms with Crippen LogP contribution in [0.5, 0.6) is 0 Å². The number of hydrogen-bond donors (Lipinski definition) is 1. The first-order valence-electron chi connectivity index (χ1n) is 5.72. The van der Waals surface area contributed by atoms with E-state index < -0.39 is 10.0 Å². The number of nitrogens with one attached hydrogen (secondary N) is 1. The maximum Gasteiger partial charge on any atom is 0.214 e. The minimum atomic E-state index is -3.13. The Balaban J connectivity index is 2.47. The SMILES string of the molecule is CC(NCCS(=O)(=O)N(C)C)c1ccc(Cl)cc1. The van der Waals surface area contributed by atoms with Crippen LogP contribution >= 0.6 is 11.6 Å². The van der Waals surface area contributed by atoms with Crippen LogP contribution in [0.3, 0.4) is 0 Å². The maximum atomic E-state index is 11.6. The average Bonchev–Trinajstić information content (AvgIpc) is 2.29. The van der Waals surface area contributed by atoms with E-state index in [1.165, 1.54) is 18.4 Å². The Morgan fingerprint density at radius 2 is 1.83 bits per heavy atom. The molecule has 0 saturated carbocycles. The third-order valence-corrected chi connectivity index (χ3v) is 4.82. The molecule has 1 aromatic carbocycles. The summed E-state index contributed by atoms with van der Waals surface area (Å²) >= 11 is 5.81. The molecule has 1 N–H and O–H groups in total. The first-order valence-corrected chi connectivity index (χ1v) is 7.70. The summed E-state index contributed by atoms with van der Waals surface area (Å²) in [5, 5.41) is 3.88. The van der Waals surface area contributed by atoms with Gasteiger partial charge in [0, 0.05) is 31.7 Å². The van der Waals surface area contributed by atoms with Gasteiger partial charge in [-0.3, -0.25) is 0 Å². The highest BCUT2D eigenvalue weighted by atomic mass is 35.5. The Labute approximate surface area is 114 Å². The molecule has 0 heterocycles. The second-order valence-corrected chi connectivity index (χ2v) is 7.06. The number of hydrogen-bond acceptors (Lipinski definition) is 3. The predicted molar refractivity (Wildman–Crippen MR) is 75.3 cm³/mol. The largest absolute Gasteiger partial charge is 0.309 e. The lowest BCUT2D eigenvalue weighted by Crippen LogP contribution is -2.32. The Morgan fingerprint density at radius 1 is 1.28 bits per heavy atom. The molecule has 4 nitrogen and oxygen atoms in total. The van der Waals surface area contributed by atoms with Crippen LogP contribution < -0.4 is 5.32 Å². The second kappa shape index (κ2) is 6.52. The van der Waals surface area contributed by atoms with Crippen LogP contribution in [0.4, 0.5) is 0 Å². The monoisotopic (exact) mass is 290 g/mol. The van der Waals surface area contributed by atoms with Crippen molar-refractivity contribution < 1.29 is 8.42 Å². The average molecular weight is 291 g/mol. The van der Waals surface area contributed by atoms with Crippen LogP contribution in [0, 0.1) is 0 Å². The van der Waals surface area contributed by atoms with Gasteiger partial charge in [0.25, 0.3) is 0 Å². The summed E-state index contributed by atoms with van der Waals surface area (Å²) in [7, 11) is -0.0538. The quantitative estimate of drug-likeness (QED) is 0.870. The van der Waals surface area contributed by atoms with Crippen molar-refractivity contribution in [1.29, 1.82) is 0 Å². The molecule has 6 heteroatoms. The van der Waals surface area contributed by atoms with E-state index in [4.69, 9.17) is 11.6 Å². The van der Waals surface area contributed by atoms with Crippen molar-refractivity contribution >= 4 is 21.6 Å². The third-order valence-electron chi connectivity index (χ3n) is 2.74. The molecule has 0 aliphatic heterocycles. The Hall–Kier alpha value is -0.620. The van der Waals surface area contributed by atoms with E-state index in [0.717, 1.165) is 5.56 Å². The minimum Gasteiger partial charge on any atom is -0.309 e. The summed E-state index contributed by atoms with van der Waals surface area (Å²) in [6.45, 7) is 2.41. The molecule has 1 atom stereocenters. The van der Waals surface area contributed by atoms with Gasteiger partial charge in [-0.2, -0.15) is 0 Å². The highest BCUT2D eigenvalue weighted by molar-refractivity contribution is 7.89. The highest BCUT2D eigenvalue weighted by Crippen LogP contribution is 2.15. The molecule has 0 aliphatic carbocycles. The summed E-state index contributed by atoms with van der Waals surface area (Å²) < 4.78 is 24.4. The highest BCUT2D eigenvalue weighted by Gasteiger charge is 2.13. The van der Waals surface area contributed by atoms with E-state index in [9.17, 15) is 8.42 Å². The molecule has 0 aliphatic rings. The molecule has 0 bridgehead atoms. The number of sulfonamides is 1. The molecule has 0 radical (unpaired) electrons. The van der Waals surface area contributed by atoms with Crippen LogP contribution in [0.1, 0.15) is 18.5 Å². The van der Waals surface area contributed by atoms with Gasteiger partial charge in [0.1, 0.15) is 0 Å². The summed E-state index contributed by atoms with van der Waals surface area (Å²) in [4.78, 5) is 0.